The summed E-state index contributed by atoms with van der Waals surface area (Å²) in [5.74, 6) is -0.461. The van der Waals surface area contributed by atoms with Crippen LogP contribution >= 0.6 is 11.3 Å². The second kappa shape index (κ2) is 8.27. The number of amides is 2. The molecule has 3 rings (SSSR count). The molecule has 1 aromatic heterocycles. The highest BCUT2D eigenvalue weighted by Crippen LogP contribution is 2.23. The number of primary amides is 1. The molecule has 10 heteroatoms. The van der Waals surface area contributed by atoms with Crippen LogP contribution in [0.5, 0.6) is 0 Å². The minimum atomic E-state index is -3.23. The van der Waals surface area contributed by atoms with Gasteiger partial charge in [0.15, 0.2) is 15.0 Å². The van der Waals surface area contributed by atoms with E-state index in [4.69, 9.17) is 5.73 Å². The van der Waals surface area contributed by atoms with Crippen molar-refractivity contribution in [1.29, 1.82) is 0 Å². The molecule has 0 atom stereocenters. The third-order valence-corrected chi connectivity index (χ3v) is 6.60. The number of nitrogens with two attached hydrogens (primary N) is 1. The minimum absolute atomic E-state index is 0.0164. The molecule has 1 aromatic carbocycles. The van der Waals surface area contributed by atoms with E-state index in [9.17, 15) is 18.0 Å². The fraction of sp³-hybridized carbons (Fsp3) is 0.389. The zero-order valence-corrected chi connectivity index (χ0v) is 17.1. The molecule has 150 valence electrons. The van der Waals surface area contributed by atoms with Gasteiger partial charge in [-0.05, 0) is 37.1 Å². The van der Waals surface area contributed by atoms with Gasteiger partial charge in [0.2, 0.25) is 11.8 Å². The molecule has 0 aliphatic carbocycles. The minimum Gasteiger partial charge on any atom is -0.369 e. The van der Waals surface area contributed by atoms with Crippen molar-refractivity contribution in [2.45, 2.75) is 24.2 Å². The Bertz CT molecular complexity index is 962. The normalized spacial score (nSPS) is 15.4. The largest absolute Gasteiger partial charge is 0.369 e. The molecule has 8 nitrogen and oxygen atoms in total. The first-order valence-corrected chi connectivity index (χ1v) is 11.6. The summed E-state index contributed by atoms with van der Waals surface area (Å²) in [5, 5.41) is 5.56. The molecule has 0 radical (unpaired) electrons. The lowest BCUT2D eigenvalue weighted by atomic mass is 9.96. The van der Waals surface area contributed by atoms with E-state index >= 15 is 0 Å². The van der Waals surface area contributed by atoms with Gasteiger partial charge in [0.25, 0.3) is 0 Å². The highest BCUT2D eigenvalue weighted by atomic mass is 32.2. The number of thiazole rings is 1. The van der Waals surface area contributed by atoms with Crippen LogP contribution in [0.3, 0.4) is 0 Å². The van der Waals surface area contributed by atoms with Crippen molar-refractivity contribution in [3.8, 4) is 0 Å². The first-order valence-electron chi connectivity index (χ1n) is 8.81. The van der Waals surface area contributed by atoms with E-state index in [1.165, 1.54) is 23.5 Å². The first kappa shape index (κ1) is 20.3. The molecule has 1 aliphatic heterocycles. The fourth-order valence-corrected chi connectivity index (χ4v) is 4.40. The molecule has 2 heterocycles. The van der Waals surface area contributed by atoms with Gasteiger partial charge in [-0.3, -0.25) is 9.59 Å². The molecular weight excluding hydrogens is 400 g/mol. The first-order chi connectivity index (χ1) is 13.2. The van der Waals surface area contributed by atoms with Crippen LogP contribution in [0.15, 0.2) is 34.5 Å². The standard InChI is InChI=1S/C18H22N4O4S2/c1-28(25,26)15-4-2-13(3-5-15)20-18-21-14(11-27-18)10-16(23)22-8-6-12(7-9-22)17(19)24/h2-5,11-12H,6-10H2,1H3,(H2,19,24)(H,20,21). The number of hydrogen-bond donors (Lipinski definition) is 2. The van der Waals surface area contributed by atoms with E-state index in [1.807, 2.05) is 5.38 Å². The number of likely N-dealkylation sites (tertiary alicyclic amines) is 1. The maximum atomic E-state index is 12.4. The lowest BCUT2D eigenvalue weighted by Crippen LogP contribution is -2.42. The van der Waals surface area contributed by atoms with E-state index < -0.39 is 9.84 Å². The Hall–Kier alpha value is -2.46. The van der Waals surface area contributed by atoms with Crippen LogP contribution in [0.2, 0.25) is 0 Å². The van der Waals surface area contributed by atoms with E-state index in [2.05, 4.69) is 10.3 Å². The number of nitrogens with one attached hydrogen (secondary N) is 1. The van der Waals surface area contributed by atoms with Gasteiger partial charge in [0.05, 0.1) is 17.0 Å². The van der Waals surface area contributed by atoms with Gasteiger partial charge in [0, 0.05) is 36.3 Å². The molecule has 2 aromatic rings. The van der Waals surface area contributed by atoms with Gasteiger partial charge in [-0.15, -0.1) is 11.3 Å². The smallest absolute Gasteiger partial charge is 0.228 e. The summed E-state index contributed by atoms with van der Waals surface area (Å²) in [7, 11) is -3.23. The summed E-state index contributed by atoms with van der Waals surface area (Å²) in [6.45, 7) is 1.07. The molecule has 3 N–H and O–H groups in total. The summed E-state index contributed by atoms with van der Waals surface area (Å²) in [6, 6.07) is 6.41. The number of sulfone groups is 1. The maximum Gasteiger partial charge on any atom is 0.228 e. The number of anilines is 2. The maximum absolute atomic E-state index is 12.4. The average molecular weight is 423 g/mol. The molecular formula is C18H22N4O4S2. The average Bonchev–Trinajstić information content (AvgIpc) is 3.08. The van der Waals surface area contributed by atoms with Crippen molar-refractivity contribution in [2.24, 2.45) is 11.7 Å². The molecule has 1 aliphatic rings. The van der Waals surface area contributed by atoms with Crippen molar-refractivity contribution in [3.63, 3.8) is 0 Å². The summed E-state index contributed by atoms with van der Waals surface area (Å²) in [4.78, 5) is 30.1. The zero-order valence-electron chi connectivity index (χ0n) is 15.4. The van der Waals surface area contributed by atoms with Gasteiger partial charge < -0.3 is 16.0 Å². The van der Waals surface area contributed by atoms with Crippen LogP contribution in [0.25, 0.3) is 0 Å². The van der Waals surface area contributed by atoms with Gasteiger partial charge in [-0.1, -0.05) is 0 Å². The SMILES string of the molecule is CS(=O)(=O)c1ccc(Nc2nc(CC(=O)N3CCC(C(N)=O)CC3)cs2)cc1. The van der Waals surface area contributed by atoms with Gasteiger partial charge >= 0.3 is 0 Å². The molecule has 0 bridgehead atoms. The third kappa shape index (κ3) is 5.08. The van der Waals surface area contributed by atoms with Crippen LogP contribution in [-0.2, 0) is 25.8 Å². The van der Waals surface area contributed by atoms with Crippen molar-refractivity contribution < 1.29 is 18.0 Å². The van der Waals surface area contributed by atoms with E-state index in [0.29, 0.717) is 42.4 Å². The van der Waals surface area contributed by atoms with Crippen LogP contribution in [0, 0.1) is 5.92 Å². The molecule has 2 amide bonds. The molecule has 0 spiro atoms. The third-order valence-electron chi connectivity index (χ3n) is 4.67. The van der Waals surface area contributed by atoms with Crippen LogP contribution in [0.4, 0.5) is 10.8 Å². The Morgan fingerprint density at radius 2 is 1.89 bits per heavy atom. The monoisotopic (exact) mass is 422 g/mol. The van der Waals surface area contributed by atoms with E-state index in [-0.39, 0.29) is 29.0 Å². The number of carbonyl (C=O) groups is 2. The van der Waals surface area contributed by atoms with E-state index in [0.717, 1.165) is 6.26 Å². The number of benzene rings is 1. The van der Waals surface area contributed by atoms with Gasteiger partial charge in [-0.25, -0.2) is 13.4 Å². The number of carbonyl (C=O) groups excluding carboxylic acids is 2. The molecule has 1 fully saturated rings. The quantitative estimate of drug-likeness (QED) is 0.728. The number of piperidine rings is 1. The highest BCUT2D eigenvalue weighted by Gasteiger charge is 2.26. The van der Waals surface area contributed by atoms with Crippen molar-refractivity contribution in [2.75, 3.05) is 24.7 Å². The predicted molar refractivity (Wildman–Crippen MR) is 107 cm³/mol. The molecule has 1 saturated heterocycles. The molecule has 28 heavy (non-hydrogen) atoms. The number of nitrogens with zero attached hydrogens (tertiary/aromatic N) is 2. The fourth-order valence-electron chi connectivity index (χ4n) is 3.03. The Balaban J connectivity index is 1.55. The number of rotatable bonds is 6. The molecule has 0 saturated carbocycles. The topological polar surface area (TPSA) is 122 Å². The van der Waals surface area contributed by atoms with Crippen LogP contribution in [0.1, 0.15) is 18.5 Å². The highest BCUT2D eigenvalue weighted by molar-refractivity contribution is 7.90. The van der Waals surface area contributed by atoms with Crippen molar-refractivity contribution >= 4 is 43.8 Å². The Morgan fingerprint density at radius 1 is 1.25 bits per heavy atom. The predicted octanol–water partition coefficient (Wildman–Crippen LogP) is 1.56. The Kier molecular flexibility index (Phi) is 5.99. The second-order valence-electron chi connectivity index (χ2n) is 6.80. The summed E-state index contributed by atoms with van der Waals surface area (Å²) >= 11 is 1.37. The van der Waals surface area contributed by atoms with Crippen LogP contribution in [-0.4, -0.2) is 49.5 Å². The summed E-state index contributed by atoms with van der Waals surface area (Å²) in [6.07, 6.45) is 2.57. The number of aromatic nitrogens is 1. The van der Waals surface area contributed by atoms with Crippen LogP contribution < -0.4 is 11.1 Å². The zero-order chi connectivity index (χ0) is 20.3. The Labute approximate surface area is 167 Å². The van der Waals surface area contributed by atoms with E-state index in [1.54, 1.807) is 17.0 Å². The molecule has 0 unspecified atom stereocenters. The van der Waals surface area contributed by atoms with Crippen molar-refractivity contribution in [1.82, 2.24) is 9.88 Å². The second-order valence-corrected chi connectivity index (χ2v) is 9.67. The lowest BCUT2D eigenvalue weighted by Gasteiger charge is -2.30. The lowest BCUT2D eigenvalue weighted by molar-refractivity contribution is -0.134. The summed E-state index contributed by atoms with van der Waals surface area (Å²) in [5.41, 5.74) is 6.70. The summed E-state index contributed by atoms with van der Waals surface area (Å²) < 4.78 is 23.0. The Morgan fingerprint density at radius 3 is 2.46 bits per heavy atom. The van der Waals surface area contributed by atoms with Gasteiger partial charge in [-0.2, -0.15) is 0 Å². The number of hydrogen-bond acceptors (Lipinski definition) is 7. The van der Waals surface area contributed by atoms with Crippen molar-refractivity contribution in [3.05, 3.63) is 35.3 Å². The van der Waals surface area contributed by atoms with Gasteiger partial charge in [0.1, 0.15) is 0 Å².